The third-order valence-electron chi connectivity index (χ3n) is 2.51. The standard InChI is InChI=1S/C12H14O6/c1-6-2-3-7(8(4-6)12(17)18)11(16)9(13)5-10(14)15/h2-4,9,11,13,16H,5H2,1H3,(H,14,15)(H,17,18). The molecular formula is C12H14O6. The average molecular weight is 254 g/mol. The van der Waals surface area contributed by atoms with Crippen molar-refractivity contribution in [3.63, 3.8) is 0 Å². The van der Waals surface area contributed by atoms with Crippen LogP contribution < -0.4 is 0 Å². The Bertz CT molecular complexity index is 468. The topological polar surface area (TPSA) is 115 Å². The Hall–Kier alpha value is -1.92. The molecular weight excluding hydrogens is 240 g/mol. The van der Waals surface area contributed by atoms with Crippen molar-refractivity contribution in [1.29, 1.82) is 0 Å². The lowest BCUT2D eigenvalue weighted by Gasteiger charge is -2.18. The zero-order valence-electron chi connectivity index (χ0n) is 9.70. The Balaban J connectivity index is 3.08. The van der Waals surface area contributed by atoms with Gasteiger partial charge >= 0.3 is 11.9 Å². The van der Waals surface area contributed by atoms with Crippen LogP contribution in [0.25, 0.3) is 0 Å². The van der Waals surface area contributed by atoms with Gasteiger partial charge in [0.2, 0.25) is 0 Å². The molecule has 0 aromatic heterocycles. The van der Waals surface area contributed by atoms with Gasteiger partial charge < -0.3 is 20.4 Å². The largest absolute Gasteiger partial charge is 0.481 e. The van der Waals surface area contributed by atoms with Gasteiger partial charge in [0.25, 0.3) is 0 Å². The summed E-state index contributed by atoms with van der Waals surface area (Å²) in [4.78, 5) is 21.4. The number of hydrogen-bond donors (Lipinski definition) is 4. The van der Waals surface area contributed by atoms with E-state index in [0.717, 1.165) is 0 Å². The Labute approximate surface area is 103 Å². The molecule has 1 aromatic rings. The highest BCUT2D eigenvalue weighted by molar-refractivity contribution is 5.89. The molecule has 0 aliphatic heterocycles. The minimum absolute atomic E-state index is 0.00171. The molecule has 0 heterocycles. The monoisotopic (exact) mass is 254 g/mol. The van der Waals surface area contributed by atoms with Gasteiger partial charge in [-0.2, -0.15) is 0 Å². The molecule has 6 nitrogen and oxygen atoms in total. The maximum atomic E-state index is 11.0. The second kappa shape index (κ2) is 5.61. The summed E-state index contributed by atoms with van der Waals surface area (Å²) < 4.78 is 0. The average Bonchev–Trinajstić information content (AvgIpc) is 2.26. The lowest BCUT2D eigenvalue weighted by Crippen LogP contribution is -2.23. The van der Waals surface area contributed by atoms with Gasteiger partial charge in [-0.1, -0.05) is 17.7 Å². The normalized spacial score (nSPS) is 13.9. The van der Waals surface area contributed by atoms with Crippen molar-refractivity contribution in [2.45, 2.75) is 25.6 Å². The molecule has 1 rings (SSSR count). The van der Waals surface area contributed by atoms with Gasteiger partial charge in [0, 0.05) is 0 Å². The quantitative estimate of drug-likeness (QED) is 0.610. The third kappa shape index (κ3) is 3.28. The van der Waals surface area contributed by atoms with Crippen LogP contribution >= 0.6 is 0 Å². The highest BCUT2D eigenvalue weighted by Gasteiger charge is 2.25. The smallest absolute Gasteiger partial charge is 0.336 e. The molecule has 4 N–H and O–H groups in total. The van der Waals surface area contributed by atoms with Crippen LogP contribution in [0.2, 0.25) is 0 Å². The van der Waals surface area contributed by atoms with Crippen molar-refractivity contribution >= 4 is 11.9 Å². The molecule has 0 bridgehead atoms. The molecule has 0 saturated heterocycles. The van der Waals surface area contributed by atoms with E-state index >= 15 is 0 Å². The number of rotatable bonds is 5. The molecule has 0 fully saturated rings. The Morgan fingerprint density at radius 1 is 1.22 bits per heavy atom. The summed E-state index contributed by atoms with van der Waals surface area (Å²) in [7, 11) is 0. The summed E-state index contributed by atoms with van der Waals surface area (Å²) in [6, 6.07) is 4.31. The summed E-state index contributed by atoms with van der Waals surface area (Å²) in [5, 5.41) is 36.8. The van der Waals surface area contributed by atoms with Gasteiger partial charge in [0.1, 0.15) is 6.10 Å². The van der Waals surface area contributed by atoms with Gasteiger partial charge in [-0.25, -0.2) is 4.79 Å². The molecule has 0 radical (unpaired) electrons. The predicted octanol–water partition coefficient (Wildman–Crippen LogP) is 0.562. The van der Waals surface area contributed by atoms with E-state index in [2.05, 4.69) is 0 Å². The van der Waals surface area contributed by atoms with E-state index in [-0.39, 0.29) is 11.1 Å². The number of hydrogen-bond acceptors (Lipinski definition) is 4. The van der Waals surface area contributed by atoms with Crippen LogP contribution in [0.4, 0.5) is 0 Å². The molecule has 0 aliphatic rings. The molecule has 98 valence electrons. The molecule has 0 aliphatic carbocycles. The van der Waals surface area contributed by atoms with E-state index in [0.29, 0.717) is 5.56 Å². The van der Waals surface area contributed by atoms with Crippen molar-refractivity contribution in [3.05, 3.63) is 34.9 Å². The van der Waals surface area contributed by atoms with E-state index in [1.807, 2.05) is 0 Å². The van der Waals surface area contributed by atoms with Crippen molar-refractivity contribution in [3.8, 4) is 0 Å². The van der Waals surface area contributed by atoms with Crippen LogP contribution in [0, 0.1) is 6.92 Å². The minimum atomic E-state index is -1.55. The van der Waals surface area contributed by atoms with E-state index in [9.17, 15) is 19.8 Å². The van der Waals surface area contributed by atoms with Crippen molar-refractivity contribution in [2.75, 3.05) is 0 Å². The molecule has 18 heavy (non-hydrogen) atoms. The highest BCUT2D eigenvalue weighted by Crippen LogP contribution is 2.24. The predicted molar refractivity (Wildman–Crippen MR) is 61.4 cm³/mol. The summed E-state index contributed by atoms with van der Waals surface area (Å²) >= 11 is 0. The number of aliphatic carboxylic acids is 1. The fourth-order valence-electron chi connectivity index (χ4n) is 1.61. The number of carbonyl (C=O) groups is 2. The summed E-state index contributed by atoms with van der Waals surface area (Å²) in [5.74, 6) is -2.51. The second-order valence-electron chi connectivity index (χ2n) is 4.01. The van der Waals surface area contributed by atoms with Gasteiger partial charge in [-0.05, 0) is 18.6 Å². The van der Waals surface area contributed by atoms with E-state index in [1.165, 1.54) is 12.1 Å². The number of carboxylic acids is 2. The Kier molecular flexibility index (Phi) is 4.41. The first kappa shape index (κ1) is 14.1. The van der Waals surface area contributed by atoms with E-state index < -0.39 is 30.6 Å². The number of aliphatic hydroxyl groups is 2. The molecule has 2 unspecified atom stereocenters. The van der Waals surface area contributed by atoms with Crippen LogP contribution in [0.15, 0.2) is 18.2 Å². The van der Waals surface area contributed by atoms with Gasteiger partial charge in [0.15, 0.2) is 0 Å². The maximum absolute atomic E-state index is 11.0. The highest BCUT2D eigenvalue weighted by atomic mass is 16.4. The third-order valence-corrected chi connectivity index (χ3v) is 2.51. The van der Waals surface area contributed by atoms with Crippen LogP contribution in [-0.2, 0) is 4.79 Å². The first-order valence-corrected chi connectivity index (χ1v) is 5.24. The summed E-state index contributed by atoms with van der Waals surface area (Å²) in [6.45, 7) is 1.69. The number of benzene rings is 1. The van der Waals surface area contributed by atoms with Crippen LogP contribution in [0.3, 0.4) is 0 Å². The zero-order chi connectivity index (χ0) is 13.9. The fraction of sp³-hybridized carbons (Fsp3) is 0.333. The van der Waals surface area contributed by atoms with Gasteiger partial charge in [0.05, 0.1) is 18.1 Å². The lowest BCUT2D eigenvalue weighted by atomic mass is 9.95. The number of carboxylic acid groups (broad SMARTS) is 2. The number of aryl methyl sites for hydroxylation is 1. The van der Waals surface area contributed by atoms with Crippen molar-refractivity contribution in [1.82, 2.24) is 0 Å². The molecule has 0 saturated carbocycles. The number of aromatic carboxylic acids is 1. The molecule has 2 atom stereocenters. The summed E-state index contributed by atoms with van der Waals surface area (Å²) in [6.07, 6.45) is -3.76. The SMILES string of the molecule is Cc1ccc(C(O)C(O)CC(=O)O)c(C(=O)O)c1. The number of aliphatic hydroxyl groups excluding tert-OH is 2. The van der Waals surface area contributed by atoms with Gasteiger partial charge in [-0.3, -0.25) is 4.79 Å². The molecule has 0 amide bonds. The van der Waals surface area contributed by atoms with Gasteiger partial charge in [-0.15, -0.1) is 0 Å². The first-order chi connectivity index (χ1) is 8.32. The van der Waals surface area contributed by atoms with Crippen LogP contribution in [-0.4, -0.2) is 38.5 Å². The van der Waals surface area contributed by atoms with Crippen molar-refractivity contribution in [2.24, 2.45) is 0 Å². The maximum Gasteiger partial charge on any atom is 0.336 e. The summed E-state index contributed by atoms with van der Waals surface area (Å²) in [5.41, 5.74) is 0.546. The van der Waals surface area contributed by atoms with E-state index in [4.69, 9.17) is 10.2 Å². The van der Waals surface area contributed by atoms with Crippen LogP contribution in [0.5, 0.6) is 0 Å². The fourth-order valence-corrected chi connectivity index (χ4v) is 1.61. The second-order valence-corrected chi connectivity index (χ2v) is 4.01. The first-order valence-electron chi connectivity index (χ1n) is 5.24. The zero-order valence-corrected chi connectivity index (χ0v) is 9.70. The molecule has 1 aromatic carbocycles. The minimum Gasteiger partial charge on any atom is -0.481 e. The Morgan fingerprint density at radius 2 is 1.83 bits per heavy atom. The Morgan fingerprint density at radius 3 is 2.33 bits per heavy atom. The lowest BCUT2D eigenvalue weighted by molar-refractivity contribution is -0.141. The van der Waals surface area contributed by atoms with E-state index in [1.54, 1.807) is 13.0 Å². The molecule has 6 heteroatoms. The van der Waals surface area contributed by atoms with Crippen LogP contribution in [0.1, 0.15) is 34.0 Å². The molecule has 0 spiro atoms. The van der Waals surface area contributed by atoms with Crippen molar-refractivity contribution < 1.29 is 30.0 Å².